The van der Waals surface area contributed by atoms with Crippen molar-refractivity contribution in [1.29, 1.82) is 0 Å². The smallest absolute Gasteiger partial charge is 0.258 e. The van der Waals surface area contributed by atoms with Crippen molar-refractivity contribution in [2.24, 2.45) is 0 Å². The molecule has 0 saturated carbocycles. The van der Waals surface area contributed by atoms with Crippen LogP contribution in [0.15, 0.2) is 55.1 Å². The van der Waals surface area contributed by atoms with Gasteiger partial charge in [-0.05, 0) is 50.1 Å². The molecule has 1 aromatic heterocycles. The third-order valence-corrected chi connectivity index (χ3v) is 4.14. The number of hydrogen-bond acceptors (Lipinski definition) is 4. The van der Waals surface area contributed by atoms with Gasteiger partial charge in [0.2, 0.25) is 0 Å². The van der Waals surface area contributed by atoms with Crippen LogP contribution in [0.25, 0.3) is 5.69 Å². The van der Waals surface area contributed by atoms with E-state index in [-0.39, 0.29) is 18.6 Å². The largest absolute Gasteiger partial charge is 0.484 e. The summed E-state index contributed by atoms with van der Waals surface area (Å²) in [7, 11) is 0. The maximum atomic E-state index is 12.2. The number of rotatable bonds is 6. The summed E-state index contributed by atoms with van der Waals surface area (Å²) >= 11 is 0. The molecular formula is C20H22N4O2. The van der Waals surface area contributed by atoms with Gasteiger partial charge in [-0.1, -0.05) is 29.8 Å². The van der Waals surface area contributed by atoms with Gasteiger partial charge in [0, 0.05) is 0 Å². The second-order valence-electron chi connectivity index (χ2n) is 6.28. The predicted molar refractivity (Wildman–Crippen MR) is 99.3 cm³/mol. The van der Waals surface area contributed by atoms with Crippen molar-refractivity contribution < 1.29 is 9.53 Å². The number of aromatic nitrogens is 3. The Morgan fingerprint density at radius 3 is 2.62 bits per heavy atom. The Hall–Kier alpha value is -3.15. The SMILES string of the molecule is Cc1ccc(OCC(=O)N[C@@H](C)c2ccc(-n3cncn3)cc2)c(C)c1. The van der Waals surface area contributed by atoms with Crippen LogP contribution in [0.2, 0.25) is 0 Å². The summed E-state index contributed by atoms with van der Waals surface area (Å²) in [6, 6.07) is 13.6. The quantitative estimate of drug-likeness (QED) is 0.741. The summed E-state index contributed by atoms with van der Waals surface area (Å²) < 4.78 is 7.31. The molecule has 0 unspecified atom stereocenters. The van der Waals surface area contributed by atoms with E-state index in [1.54, 1.807) is 11.0 Å². The zero-order chi connectivity index (χ0) is 18.5. The van der Waals surface area contributed by atoms with Gasteiger partial charge in [-0.15, -0.1) is 0 Å². The highest BCUT2D eigenvalue weighted by Gasteiger charge is 2.11. The molecule has 0 aliphatic carbocycles. The maximum Gasteiger partial charge on any atom is 0.258 e. The Balaban J connectivity index is 1.55. The van der Waals surface area contributed by atoms with Crippen molar-refractivity contribution >= 4 is 5.91 Å². The Labute approximate surface area is 152 Å². The minimum atomic E-state index is -0.155. The zero-order valence-corrected chi connectivity index (χ0v) is 15.1. The Kier molecular flexibility index (Phi) is 5.31. The lowest BCUT2D eigenvalue weighted by atomic mass is 10.1. The lowest BCUT2D eigenvalue weighted by Crippen LogP contribution is -2.31. The molecular weight excluding hydrogens is 328 g/mol. The molecule has 0 spiro atoms. The average Bonchev–Trinajstić information content (AvgIpc) is 3.16. The van der Waals surface area contributed by atoms with Gasteiger partial charge >= 0.3 is 0 Å². The van der Waals surface area contributed by atoms with Crippen molar-refractivity contribution in [3.63, 3.8) is 0 Å². The Morgan fingerprint density at radius 2 is 1.96 bits per heavy atom. The van der Waals surface area contributed by atoms with Crippen LogP contribution in [0.4, 0.5) is 0 Å². The molecule has 1 N–H and O–H groups in total. The molecule has 3 rings (SSSR count). The first-order valence-corrected chi connectivity index (χ1v) is 8.47. The Morgan fingerprint density at radius 1 is 1.19 bits per heavy atom. The normalized spacial score (nSPS) is 11.8. The van der Waals surface area contributed by atoms with Gasteiger partial charge in [0.05, 0.1) is 11.7 Å². The number of aryl methyl sites for hydroxylation is 2. The standard InChI is InChI=1S/C20H22N4O2/c1-14-4-9-19(15(2)10-14)26-11-20(25)23-16(3)17-5-7-18(8-6-17)24-13-21-12-22-24/h4-10,12-13,16H,11H2,1-3H3,(H,23,25)/t16-/m0/s1. The molecule has 134 valence electrons. The molecule has 1 atom stereocenters. The predicted octanol–water partition coefficient (Wildman–Crippen LogP) is 3.14. The number of amides is 1. The van der Waals surface area contributed by atoms with Crippen molar-refractivity contribution in [3.8, 4) is 11.4 Å². The fraction of sp³-hybridized carbons (Fsp3) is 0.250. The van der Waals surface area contributed by atoms with Crippen molar-refractivity contribution in [2.75, 3.05) is 6.61 Å². The van der Waals surface area contributed by atoms with Crippen LogP contribution in [0.3, 0.4) is 0 Å². The number of ether oxygens (including phenoxy) is 1. The summed E-state index contributed by atoms with van der Waals surface area (Å²) in [6.07, 6.45) is 3.14. The fourth-order valence-corrected chi connectivity index (χ4v) is 2.73. The summed E-state index contributed by atoms with van der Waals surface area (Å²) in [5.74, 6) is 0.577. The highest BCUT2D eigenvalue weighted by atomic mass is 16.5. The van der Waals surface area contributed by atoms with E-state index in [2.05, 4.69) is 15.4 Å². The molecule has 1 amide bonds. The second kappa shape index (κ2) is 7.82. The number of hydrogen-bond donors (Lipinski definition) is 1. The monoisotopic (exact) mass is 350 g/mol. The van der Waals surface area contributed by atoms with E-state index in [9.17, 15) is 4.79 Å². The molecule has 0 saturated heterocycles. The fourth-order valence-electron chi connectivity index (χ4n) is 2.73. The topological polar surface area (TPSA) is 69.0 Å². The van der Waals surface area contributed by atoms with E-state index in [1.165, 1.54) is 11.9 Å². The number of nitrogens with zero attached hydrogens (tertiary/aromatic N) is 3. The van der Waals surface area contributed by atoms with E-state index in [0.717, 1.165) is 22.6 Å². The average molecular weight is 350 g/mol. The van der Waals surface area contributed by atoms with E-state index < -0.39 is 0 Å². The molecule has 3 aromatic rings. The van der Waals surface area contributed by atoms with Gasteiger partial charge in [-0.2, -0.15) is 5.10 Å². The molecule has 0 radical (unpaired) electrons. The van der Waals surface area contributed by atoms with Gasteiger partial charge in [0.25, 0.3) is 5.91 Å². The molecule has 26 heavy (non-hydrogen) atoms. The van der Waals surface area contributed by atoms with Crippen LogP contribution < -0.4 is 10.1 Å². The summed E-state index contributed by atoms with van der Waals surface area (Å²) in [5, 5.41) is 7.05. The molecule has 1 heterocycles. The number of benzene rings is 2. The van der Waals surface area contributed by atoms with Gasteiger partial charge < -0.3 is 10.1 Å². The number of carbonyl (C=O) groups is 1. The van der Waals surface area contributed by atoms with Crippen LogP contribution in [0.1, 0.15) is 29.7 Å². The van der Waals surface area contributed by atoms with Crippen molar-refractivity contribution in [2.45, 2.75) is 26.8 Å². The third kappa shape index (κ3) is 4.27. The first kappa shape index (κ1) is 17.7. The molecule has 6 nitrogen and oxygen atoms in total. The van der Waals surface area contributed by atoms with E-state index >= 15 is 0 Å². The molecule has 2 aromatic carbocycles. The maximum absolute atomic E-state index is 12.2. The number of nitrogens with one attached hydrogen (secondary N) is 1. The van der Waals surface area contributed by atoms with Gasteiger partial charge in [-0.3, -0.25) is 4.79 Å². The van der Waals surface area contributed by atoms with Crippen LogP contribution in [0, 0.1) is 13.8 Å². The summed E-state index contributed by atoms with van der Waals surface area (Å²) in [4.78, 5) is 16.1. The molecule has 6 heteroatoms. The minimum Gasteiger partial charge on any atom is -0.484 e. The second-order valence-corrected chi connectivity index (χ2v) is 6.28. The molecule has 0 bridgehead atoms. The Bertz CT molecular complexity index is 873. The van der Waals surface area contributed by atoms with Crippen molar-refractivity contribution in [3.05, 3.63) is 71.8 Å². The summed E-state index contributed by atoms with van der Waals surface area (Å²) in [5.41, 5.74) is 4.12. The first-order valence-electron chi connectivity index (χ1n) is 8.47. The van der Waals surface area contributed by atoms with E-state index in [1.807, 2.05) is 63.2 Å². The third-order valence-electron chi connectivity index (χ3n) is 4.14. The molecule has 0 aliphatic rings. The lowest BCUT2D eigenvalue weighted by molar-refractivity contribution is -0.123. The highest BCUT2D eigenvalue weighted by molar-refractivity contribution is 5.78. The van der Waals surface area contributed by atoms with Crippen molar-refractivity contribution in [1.82, 2.24) is 20.1 Å². The van der Waals surface area contributed by atoms with Gasteiger partial charge in [0.1, 0.15) is 18.4 Å². The van der Waals surface area contributed by atoms with Crippen LogP contribution >= 0.6 is 0 Å². The van der Waals surface area contributed by atoms with Gasteiger partial charge in [-0.25, -0.2) is 9.67 Å². The van der Waals surface area contributed by atoms with Crippen LogP contribution in [-0.2, 0) is 4.79 Å². The van der Waals surface area contributed by atoms with Gasteiger partial charge in [0.15, 0.2) is 6.61 Å². The number of carbonyl (C=O) groups excluding carboxylic acids is 1. The molecule has 0 fully saturated rings. The van der Waals surface area contributed by atoms with Crippen LogP contribution in [0.5, 0.6) is 5.75 Å². The lowest BCUT2D eigenvalue weighted by Gasteiger charge is -2.16. The first-order chi connectivity index (χ1) is 12.5. The van der Waals surface area contributed by atoms with E-state index in [0.29, 0.717) is 0 Å². The minimum absolute atomic E-state index is 0.00865. The van der Waals surface area contributed by atoms with E-state index in [4.69, 9.17) is 4.74 Å². The van der Waals surface area contributed by atoms with Crippen LogP contribution in [-0.4, -0.2) is 27.3 Å². The molecule has 0 aliphatic heterocycles. The highest BCUT2D eigenvalue weighted by Crippen LogP contribution is 2.19. The zero-order valence-electron chi connectivity index (χ0n) is 15.1. The summed E-state index contributed by atoms with van der Waals surface area (Å²) in [6.45, 7) is 5.93.